The molecule has 1 aliphatic rings. The molecular weight excluding hydrogens is 346 g/mol. The summed E-state index contributed by atoms with van der Waals surface area (Å²) >= 11 is 1.42. The van der Waals surface area contributed by atoms with E-state index >= 15 is 0 Å². The Bertz CT molecular complexity index is 868. The van der Waals surface area contributed by atoms with Crippen LogP contribution < -0.4 is 10.2 Å². The Morgan fingerprint density at radius 2 is 1.92 bits per heavy atom. The van der Waals surface area contributed by atoms with Gasteiger partial charge in [0, 0.05) is 37.1 Å². The largest absolute Gasteiger partial charge is 0.347 e. The molecule has 1 aromatic carbocycles. The molecule has 0 saturated carbocycles. The van der Waals surface area contributed by atoms with Gasteiger partial charge in [0.1, 0.15) is 9.88 Å². The number of hydrogen-bond acceptors (Lipinski definition) is 6. The van der Waals surface area contributed by atoms with Crippen LogP contribution in [0.4, 0.5) is 5.95 Å². The van der Waals surface area contributed by atoms with E-state index in [4.69, 9.17) is 0 Å². The molecule has 0 bridgehead atoms. The van der Waals surface area contributed by atoms with Gasteiger partial charge in [-0.15, -0.1) is 11.3 Å². The fourth-order valence-corrected chi connectivity index (χ4v) is 3.91. The van der Waals surface area contributed by atoms with Crippen LogP contribution in [0.15, 0.2) is 55.0 Å². The maximum Gasteiger partial charge on any atom is 0.263 e. The standard InChI is InChI=1S/C19H19N5OS/c25-17(16-12-22-18(26-16)14-6-2-1-3-7-14)23-15-8-4-11-24(13-15)19-20-9-5-10-21-19/h1-3,5-7,9-10,12,15H,4,8,11,13H2,(H,23,25)/t15-/m0/s1. The smallest absolute Gasteiger partial charge is 0.263 e. The van der Waals surface area contributed by atoms with E-state index in [-0.39, 0.29) is 11.9 Å². The van der Waals surface area contributed by atoms with Gasteiger partial charge in [-0.1, -0.05) is 30.3 Å². The number of aromatic nitrogens is 3. The van der Waals surface area contributed by atoms with Crippen molar-refractivity contribution in [3.63, 3.8) is 0 Å². The van der Waals surface area contributed by atoms with Crippen LogP contribution in [0.5, 0.6) is 0 Å². The van der Waals surface area contributed by atoms with Gasteiger partial charge in [-0.2, -0.15) is 0 Å². The van der Waals surface area contributed by atoms with Gasteiger partial charge in [0.2, 0.25) is 5.95 Å². The SMILES string of the molecule is O=C(N[C@H]1CCCN(c2ncccn2)C1)c1cnc(-c2ccccc2)s1. The van der Waals surface area contributed by atoms with E-state index in [2.05, 4.69) is 25.2 Å². The Morgan fingerprint density at radius 3 is 2.73 bits per heavy atom. The monoisotopic (exact) mass is 365 g/mol. The highest BCUT2D eigenvalue weighted by Crippen LogP contribution is 2.25. The number of piperidine rings is 1. The molecule has 1 N–H and O–H groups in total. The third kappa shape index (κ3) is 3.72. The lowest BCUT2D eigenvalue weighted by Gasteiger charge is -2.32. The lowest BCUT2D eigenvalue weighted by atomic mass is 10.1. The third-order valence-electron chi connectivity index (χ3n) is 4.34. The number of hydrogen-bond donors (Lipinski definition) is 1. The van der Waals surface area contributed by atoms with Gasteiger partial charge in [-0.25, -0.2) is 15.0 Å². The number of nitrogens with one attached hydrogen (secondary N) is 1. The van der Waals surface area contributed by atoms with Crippen molar-refractivity contribution in [2.45, 2.75) is 18.9 Å². The summed E-state index contributed by atoms with van der Waals surface area (Å²) in [5.41, 5.74) is 1.03. The topological polar surface area (TPSA) is 71.0 Å². The molecule has 0 unspecified atom stereocenters. The molecule has 4 rings (SSSR count). The highest BCUT2D eigenvalue weighted by Gasteiger charge is 2.24. The maximum absolute atomic E-state index is 12.6. The number of nitrogens with zero attached hydrogens (tertiary/aromatic N) is 4. The predicted octanol–water partition coefficient (Wildman–Crippen LogP) is 3.00. The third-order valence-corrected chi connectivity index (χ3v) is 5.39. The van der Waals surface area contributed by atoms with Crippen LogP contribution in [0.1, 0.15) is 22.5 Å². The molecule has 0 radical (unpaired) electrons. The average Bonchev–Trinajstić information content (AvgIpc) is 3.20. The minimum Gasteiger partial charge on any atom is -0.347 e. The maximum atomic E-state index is 12.6. The number of anilines is 1. The summed E-state index contributed by atoms with van der Waals surface area (Å²) in [7, 11) is 0. The van der Waals surface area contributed by atoms with Crippen molar-refractivity contribution < 1.29 is 4.79 Å². The molecule has 3 aromatic rings. The van der Waals surface area contributed by atoms with Crippen molar-refractivity contribution in [2.75, 3.05) is 18.0 Å². The molecule has 1 fully saturated rings. The number of amides is 1. The molecule has 3 heterocycles. The first-order chi connectivity index (χ1) is 12.8. The van der Waals surface area contributed by atoms with Gasteiger partial charge in [-0.3, -0.25) is 4.79 Å². The molecule has 7 heteroatoms. The quantitative estimate of drug-likeness (QED) is 0.770. The predicted molar refractivity (Wildman–Crippen MR) is 102 cm³/mol. The van der Waals surface area contributed by atoms with Crippen LogP contribution in [0.25, 0.3) is 10.6 Å². The second-order valence-electron chi connectivity index (χ2n) is 6.20. The van der Waals surface area contributed by atoms with Gasteiger partial charge < -0.3 is 10.2 Å². The number of benzene rings is 1. The van der Waals surface area contributed by atoms with E-state index in [0.717, 1.165) is 42.5 Å². The Labute approximate surface area is 155 Å². The van der Waals surface area contributed by atoms with E-state index in [9.17, 15) is 4.79 Å². The van der Waals surface area contributed by atoms with Gasteiger partial charge in [0.25, 0.3) is 5.91 Å². The first-order valence-electron chi connectivity index (χ1n) is 8.64. The molecular formula is C19H19N5OS. The molecule has 0 spiro atoms. The molecule has 1 aliphatic heterocycles. The highest BCUT2D eigenvalue weighted by atomic mass is 32.1. The van der Waals surface area contributed by atoms with Crippen molar-refractivity contribution in [1.82, 2.24) is 20.3 Å². The number of carbonyl (C=O) groups excluding carboxylic acids is 1. The van der Waals surface area contributed by atoms with E-state index < -0.39 is 0 Å². The highest BCUT2D eigenvalue weighted by molar-refractivity contribution is 7.16. The summed E-state index contributed by atoms with van der Waals surface area (Å²) < 4.78 is 0. The van der Waals surface area contributed by atoms with Crippen LogP contribution in [-0.2, 0) is 0 Å². The number of thiazole rings is 1. The Kier molecular flexibility index (Phi) is 4.88. The van der Waals surface area contributed by atoms with E-state index in [1.54, 1.807) is 24.7 Å². The number of rotatable bonds is 4. The average molecular weight is 365 g/mol. The van der Waals surface area contributed by atoms with Crippen LogP contribution in [0, 0.1) is 0 Å². The summed E-state index contributed by atoms with van der Waals surface area (Å²) in [6.07, 6.45) is 7.10. The minimum atomic E-state index is -0.0643. The molecule has 6 nitrogen and oxygen atoms in total. The molecule has 1 atom stereocenters. The molecule has 2 aromatic heterocycles. The first kappa shape index (κ1) is 16.7. The summed E-state index contributed by atoms with van der Waals surface area (Å²) in [5, 5.41) is 3.99. The Hall–Kier alpha value is -2.80. The Balaban J connectivity index is 1.41. The molecule has 1 saturated heterocycles. The van der Waals surface area contributed by atoms with Crippen LogP contribution in [-0.4, -0.2) is 40.0 Å². The zero-order chi connectivity index (χ0) is 17.8. The first-order valence-corrected chi connectivity index (χ1v) is 9.45. The van der Waals surface area contributed by atoms with Crippen molar-refractivity contribution in [1.29, 1.82) is 0 Å². The van der Waals surface area contributed by atoms with E-state index in [1.807, 2.05) is 30.3 Å². The normalized spacial score (nSPS) is 17.1. The van der Waals surface area contributed by atoms with Gasteiger partial charge in [0.15, 0.2) is 0 Å². The Morgan fingerprint density at radius 1 is 1.12 bits per heavy atom. The second-order valence-corrected chi connectivity index (χ2v) is 7.23. The fraction of sp³-hybridized carbons (Fsp3) is 0.263. The minimum absolute atomic E-state index is 0.0643. The second kappa shape index (κ2) is 7.61. The molecule has 26 heavy (non-hydrogen) atoms. The lowest BCUT2D eigenvalue weighted by Crippen LogP contribution is -2.48. The fourth-order valence-electron chi connectivity index (χ4n) is 3.08. The molecule has 1 amide bonds. The summed E-state index contributed by atoms with van der Waals surface area (Å²) in [4.78, 5) is 28.4. The van der Waals surface area contributed by atoms with Crippen LogP contribution in [0.3, 0.4) is 0 Å². The van der Waals surface area contributed by atoms with Crippen molar-refractivity contribution in [2.24, 2.45) is 0 Å². The molecule has 132 valence electrons. The molecule has 0 aliphatic carbocycles. The summed E-state index contributed by atoms with van der Waals surface area (Å²) in [6, 6.07) is 11.8. The number of carbonyl (C=O) groups is 1. The van der Waals surface area contributed by atoms with Gasteiger partial charge in [-0.05, 0) is 18.9 Å². The van der Waals surface area contributed by atoms with Crippen molar-refractivity contribution in [3.05, 3.63) is 59.9 Å². The van der Waals surface area contributed by atoms with Crippen molar-refractivity contribution >= 4 is 23.2 Å². The lowest BCUT2D eigenvalue weighted by molar-refractivity contribution is 0.0937. The zero-order valence-electron chi connectivity index (χ0n) is 14.2. The van der Waals surface area contributed by atoms with Crippen molar-refractivity contribution in [3.8, 4) is 10.6 Å². The van der Waals surface area contributed by atoms with Gasteiger partial charge >= 0.3 is 0 Å². The summed E-state index contributed by atoms with van der Waals surface area (Å²) in [5.74, 6) is 0.654. The van der Waals surface area contributed by atoms with E-state index in [0.29, 0.717) is 4.88 Å². The van der Waals surface area contributed by atoms with Crippen LogP contribution >= 0.6 is 11.3 Å². The van der Waals surface area contributed by atoms with Gasteiger partial charge in [0.05, 0.1) is 6.20 Å². The summed E-state index contributed by atoms with van der Waals surface area (Å²) in [6.45, 7) is 1.63. The van der Waals surface area contributed by atoms with Crippen LogP contribution in [0.2, 0.25) is 0 Å². The van der Waals surface area contributed by atoms with E-state index in [1.165, 1.54) is 11.3 Å². The zero-order valence-corrected chi connectivity index (χ0v) is 15.0.